The molecule has 8 atom stereocenters. The van der Waals surface area contributed by atoms with E-state index in [-0.39, 0.29) is 74.1 Å². The van der Waals surface area contributed by atoms with Crippen molar-refractivity contribution in [2.75, 3.05) is 46.2 Å². The summed E-state index contributed by atoms with van der Waals surface area (Å²) >= 11 is 0. The van der Waals surface area contributed by atoms with Crippen molar-refractivity contribution in [2.24, 2.45) is 5.92 Å². The first kappa shape index (κ1) is 62.6. The predicted octanol–water partition coefficient (Wildman–Crippen LogP) is 11.5. The Balaban J connectivity index is 0.999. The highest BCUT2D eigenvalue weighted by atomic mass is 16.6. The molecule has 1 aromatic heterocycles. The van der Waals surface area contributed by atoms with E-state index in [4.69, 9.17) is 18.9 Å². The number of hydrogen-bond acceptors (Lipinski definition) is 13. The van der Waals surface area contributed by atoms with Crippen molar-refractivity contribution in [3.8, 4) is 51.7 Å². The van der Waals surface area contributed by atoms with Gasteiger partial charge in [-0.05, 0) is 187 Å². The minimum absolute atomic E-state index is 0.00631. The number of H-pyrrole nitrogens is 1. The Hall–Kier alpha value is -7.16. The maximum Gasteiger partial charge on any atom is 0.162 e. The van der Waals surface area contributed by atoms with Crippen LogP contribution in [-0.4, -0.2) is 112 Å². The van der Waals surface area contributed by atoms with Crippen molar-refractivity contribution in [1.82, 2.24) is 26.3 Å². The molecule has 14 nitrogen and oxygen atoms in total. The minimum Gasteiger partial charge on any atom is -0.507 e. The maximum atomic E-state index is 12.4. The fourth-order valence-corrected chi connectivity index (χ4v) is 15.9. The number of benzene rings is 6. The first-order valence-corrected chi connectivity index (χ1v) is 33.6. The third-order valence-corrected chi connectivity index (χ3v) is 20.1. The van der Waals surface area contributed by atoms with Gasteiger partial charge in [0.15, 0.2) is 17.6 Å². The van der Waals surface area contributed by atoms with Crippen LogP contribution in [0, 0.1) is 17.8 Å². The molecule has 4 heterocycles. The van der Waals surface area contributed by atoms with Crippen molar-refractivity contribution in [3.63, 3.8) is 0 Å². The standard InChI is InChI=1S/C77H91N5O9/c1-48(2)40-76(3,87)45-79-46-81-68-23-13-22-57(43-83)89-67-38-54(36-53(72(67)86)25-24-50-17-9-5-10-18-50)75-77(68,88-47-82-56-20-11-6-12-21-56)41-64-61-39-63-69(52-26-30-65-51(35-52)32-34-80-65)55(42-78-33-14-19-49-15-7-4-8-16-49)37-62-66(85)31-29-59(70(62)63)71(61)74-60(73(64)91-75)28-27-58(44-84)90-74/h4-5,7-10,15-18,26,29-32,34-38,48,56-58,63,68-69,75,78-87H,6,11-12,14,19-22,24-25,27-28,33,39-47H2,1-3H3/t57-,58-,63+,68-,69-,75+,76+,77-/m0/s1. The number of phenolic OH excluding ortho intramolecular Hbond substituents is 2. The van der Waals surface area contributed by atoms with E-state index >= 15 is 0 Å². The molecule has 0 radical (unpaired) electrons. The van der Waals surface area contributed by atoms with E-state index in [0.717, 1.165) is 106 Å². The zero-order valence-corrected chi connectivity index (χ0v) is 53.1. The number of phenols is 2. The van der Waals surface area contributed by atoms with Crippen molar-refractivity contribution >= 4 is 17.0 Å². The Morgan fingerprint density at radius 3 is 2.35 bits per heavy atom. The van der Waals surface area contributed by atoms with Crippen LogP contribution in [0.2, 0.25) is 0 Å². The van der Waals surface area contributed by atoms with Gasteiger partial charge in [-0.2, -0.15) is 0 Å². The average Bonchev–Trinajstić information content (AvgIpc) is 0.934. The quantitative estimate of drug-likeness (QED) is 0.0165. The Morgan fingerprint density at radius 1 is 0.780 bits per heavy atom. The summed E-state index contributed by atoms with van der Waals surface area (Å²) in [5, 5.41) is 74.5. The Labute approximate surface area is 536 Å². The largest absolute Gasteiger partial charge is 0.507 e. The lowest BCUT2D eigenvalue weighted by Crippen LogP contribution is -2.62. The molecular weight excluding hydrogens is 1140 g/mol. The van der Waals surface area contributed by atoms with Crippen LogP contribution in [0.4, 0.5) is 0 Å². The van der Waals surface area contributed by atoms with E-state index in [1.807, 2.05) is 43.5 Å². The van der Waals surface area contributed by atoms with Crippen molar-refractivity contribution < 1.29 is 44.5 Å². The zero-order valence-electron chi connectivity index (χ0n) is 53.1. The number of aromatic nitrogens is 1. The third-order valence-electron chi connectivity index (χ3n) is 20.1. The van der Waals surface area contributed by atoms with E-state index < -0.39 is 35.6 Å². The van der Waals surface area contributed by atoms with Crippen LogP contribution in [0.1, 0.15) is 152 Å². The van der Waals surface area contributed by atoms with E-state index in [2.05, 4.69) is 137 Å². The summed E-state index contributed by atoms with van der Waals surface area (Å²) in [4.78, 5) is 3.43. The normalized spacial score (nSPS) is 23.1. The number of aromatic hydroxyl groups is 2. The highest BCUT2D eigenvalue weighted by Gasteiger charge is 2.55. The fraction of sp³-hybridized carbons (Fsp3) is 0.455. The highest BCUT2D eigenvalue weighted by molar-refractivity contribution is 5.90. The van der Waals surface area contributed by atoms with E-state index in [9.17, 15) is 25.5 Å². The topological polar surface area (TPSA) is 202 Å². The summed E-state index contributed by atoms with van der Waals surface area (Å²) in [5.74, 6) is 9.07. The van der Waals surface area contributed by atoms with Gasteiger partial charge in [0, 0.05) is 78.5 Å². The predicted molar refractivity (Wildman–Crippen MR) is 358 cm³/mol. The third kappa shape index (κ3) is 13.3. The van der Waals surface area contributed by atoms with Gasteiger partial charge in [0.2, 0.25) is 0 Å². The number of aliphatic hydroxyl groups excluding tert-OH is 2. The lowest BCUT2D eigenvalue weighted by molar-refractivity contribution is -0.144. The molecule has 1 fully saturated rings. The second kappa shape index (κ2) is 27.6. The van der Waals surface area contributed by atoms with Crippen LogP contribution in [-0.2, 0) is 43.3 Å². The van der Waals surface area contributed by atoms with Gasteiger partial charge in [-0.3, -0.25) is 10.6 Å². The van der Waals surface area contributed by atoms with Crippen LogP contribution < -0.4 is 35.5 Å². The van der Waals surface area contributed by atoms with Gasteiger partial charge in [0.1, 0.15) is 41.1 Å². The molecule has 10 N–H and O–H groups in total. The molecule has 478 valence electrons. The smallest absolute Gasteiger partial charge is 0.162 e. The molecule has 0 spiro atoms. The average molecular weight is 1230 g/mol. The Morgan fingerprint density at radius 2 is 1.57 bits per heavy atom. The number of aliphatic hydroxyl groups is 3. The van der Waals surface area contributed by atoms with Crippen LogP contribution in [0.15, 0.2) is 121 Å². The van der Waals surface area contributed by atoms with Gasteiger partial charge in [-0.25, -0.2) is 0 Å². The number of ether oxygens (including phenoxy) is 4. The van der Waals surface area contributed by atoms with E-state index in [1.54, 1.807) is 0 Å². The van der Waals surface area contributed by atoms with Gasteiger partial charge in [-0.1, -0.05) is 118 Å². The number of hydrogen-bond donors (Lipinski definition) is 10. The molecule has 14 heteroatoms. The molecule has 3 aliphatic carbocycles. The van der Waals surface area contributed by atoms with E-state index in [1.165, 1.54) is 23.1 Å². The van der Waals surface area contributed by atoms with Crippen molar-refractivity contribution in [3.05, 3.63) is 177 Å². The maximum absolute atomic E-state index is 12.4. The minimum atomic E-state index is -1.32. The summed E-state index contributed by atoms with van der Waals surface area (Å²) < 4.78 is 29.7. The molecule has 6 aliphatic rings. The zero-order chi connectivity index (χ0) is 62.6. The lowest BCUT2D eigenvalue weighted by atomic mass is 9.62. The highest BCUT2D eigenvalue weighted by Crippen LogP contribution is 2.62. The molecule has 0 saturated heterocycles. The Bertz CT molecular complexity index is 3790. The van der Waals surface area contributed by atoms with Gasteiger partial charge in [-0.15, -0.1) is 0 Å². The number of fused-ring (bicyclic) bond motifs is 12. The van der Waals surface area contributed by atoms with Crippen LogP contribution >= 0.6 is 0 Å². The first-order chi connectivity index (χ1) is 44.4. The molecule has 13 rings (SSSR count). The first-order valence-electron chi connectivity index (χ1n) is 33.6. The van der Waals surface area contributed by atoms with Gasteiger partial charge < -0.3 is 60.1 Å². The second-order valence-corrected chi connectivity index (χ2v) is 27.2. The summed E-state index contributed by atoms with van der Waals surface area (Å²) in [5.41, 5.74) is 11.8. The number of aryl methyl sites for hydroxylation is 3. The Kier molecular flexibility index (Phi) is 19.0. The lowest BCUT2D eigenvalue weighted by Gasteiger charge is -2.50. The molecule has 2 bridgehead atoms. The molecule has 1 saturated carbocycles. The van der Waals surface area contributed by atoms with Gasteiger partial charge in [0.05, 0.1) is 25.5 Å². The number of aromatic amines is 1. The van der Waals surface area contributed by atoms with Gasteiger partial charge >= 0.3 is 0 Å². The molecule has 7 aromatic rings. The van der Waals surface area contributed by atoms with Crippen molar-refractivity contribution in [2.45, 2.75) is 171 Å². The second-order valence-electron chi connectivity index (χ2n) is 27.2. The fourth-order valence-electron chi connectivity index (χ4n) is 15.9. The number of nitrogens with one attached hydrogen (secondary N) is 5. The number of rotatable bonds is 23. The monoisotopic (exact) mass is 1230 g/mol. The SMILES string of the molecule is CC(C)C[C@@](C)(O)CNCN[C@H]1C#CC[C@@H](CO)Oc2cc(cc(CCc3ccccc3)c2O)[C@H]2Oc3c(c4c(c5c3CC[C@@H](CO)O5)-c3ccc(O)c5c3[C@H](C4)[C@@H](c3ccc4[nH]ccc4c3)C(CNCCCc3ccccc3)=C5)C[C@]12OCNC1CCCCC1. The molecule has 0 unspecified atom stereocenters. The van der Waals surface area contributed by atoms with Crippen LogP contribution in [0.5, 0.6) is 28.7 Å². The summed E-state index contributed by atoms with van der Waals surface area (Å²) in [6, 6.07) is 37.2. The molecule has 91 heavy (non-hydrogen) atoms. The summed E-state index contributed by atoms with van der Waals surface area (Å²) in [6.45, 7) is 7.83. The summed E-state index contributed by atoms with van der Waals surface area (Å²) in [6.07, 6.45) is 13.5. The van der Waals surface area contributed by atoms with Crippen molar-refractivity contribution in [1.29, 1.82) is 0 Å². The van der Waals surface area contributed by atoms with Crippen LogP contribution in [0.25, 0.3) is 28.1 Å². The molecule has 6 aromatic carbocycles. The van der Waals surface area contributed by atoms with Gasteiger partial charge in [0.25, 0.3) is 0 Å². The van der Waals surface area contributed by atoms with E-state index in [0.29, 0.717) is 75.1 Å². The molecular formula is C77H91N5O9. The van der Waals surface area contributed by atoms with Crippen LogP contribution in [0.3, 0.4) is 0 Å². The summed E-state index contributed by atoms with van der Waals surface area (Å²) in [7, 11) is 0. The molecule has 0 amide bonds. The molecule has 3 aliphatic heterocycles.